The number of hydrogen-bond donors (Lipinski definition) is 1. The van der Waals surface area contributed by atoms with Crippen molar-refractivity contribution in [3.05, 3.63) is 30.0 Å². The molecule has 1 aromatic heterocycles. The molecule has 0 atom stereocenters. The Labute approximate surface area is 167 Å². The van der Waals surface area contributed by atoms with Gasteiger partial charge in [-0.15, -0.1) is 0 Å². The minimum atomic E-state index is -0.528. The molecule has 1 aliphatic rings. The summed E-state index contributed by atoms with van der Waals surface area (Å²) >= 11 is 0. The second kappa shape index (κ2) is 13.4. The first-order chi connectivity index (χ1) is 13.5. The topological polar surface area (TPSA) is 94.8 Å². The van der Waals surface area contributed by atoms with Crippen molar-refractivity contribution in [1.82, 2.24) is 9.88 Å². The second-order valence-corrected chi connectivity index (χ2v) is 5.38. The Morgan fingerprint density at radius 3 is 2.18 bits per heavy atom. The van der Waals surface area contributed by atoms with Gasteiger partial charge in [-0.1, -0.05) is 27.7 Å². The summed E-state index contributed by atoms with van der Waals surface area (Å²) in [5.41, 5.74) is 5.63. The van der Waals surface area contributed by atoms with Crippen LogP contribution in [0.15, 0.2) is 24.4 Å². The van der Waals surface area contributed by atoms with E-state index >= 15 is 0 Å². The molecular weight excluding hydrogens is 358 g/mol. The third-order valence-corrected chi connectivity index (χ3v) is 3.82. The van der Waals surface area contributed by atoms with Gasteiger partial charge >= 0.3 is 0 Å². The number of likely N-dealkylation sites (tertiary alicyclic amines) is 1. The molecule has 3 rings (SSSR count). The zero-order valence-electron chi connectivity index (χ0n) is 18.0. The van der Waals surface area contributed by atoms with Crippen LogP contribution in [0.5, 0.6) is 11.6 Å². The van der Waals surface area contributed by atoms with E-state index in [2.05, 4.69) is 4.98 Å². The van der Waals surface area contributed by atoms with E-state index in [1.165, 1.54) is 14.2 Å². The molecule has 7 heteroatoms. The van der Waals surface area contributed by atoms with Crippen LogP contribution >= 0.6 is 0 Å². The molecule has 2 amide bonds. The minimum absolute atomic E-state index is 0.292. The van der Waals surface area contributed by atoms with Crippen LogP contribution in [-0.4, -0.2) is 49.5 Å². The van der Waals surface area contributed by atoms with Gasteiger partial charge in [-0.25, -0.2) is 4.98 Å². The fraction of sp³-hybridized carbons (Fsp3) is 0.476. The number of pyridine rings is 1. The van der Waals surface area contributed by atoms with Crippen LogP contribution < -0.4 is 15.2 Å². The number of carbonyl (C=O) groups is 2. The molecule has 0 aliphatic carbocycles. The molecule has 7 nitrogen and oxygen atoms in total. The molecule has 1 aromatic carbocycles. The number of carbonyl (C=O) groups excluding carboxylic acids is 2. The number of amides is 2. The quantitative estimate of drug-likeness (QED) is 0.862. The van der Waals surface area contributed by atoms with E-state index in [1.807, 2.05) is 34.7 Å². The van der Waals surface area contributed by atoms with Gasteiger partial charge in [0.25, 0.3) is 5.91 Å². The first kappa shape index (κ1) is 25.2. The van der Waals surface area contributed by atoms with Crippen LogP contribution in [0.2, 0.25) is 0 Å². The van der Waals surface area contributed by atoms with Gasteiger partial charge in [-0.2, -0.15) is 0 Å². The first-order valence-electron chi connectivity index (χ1n) is 9.52. The molecule has 0 unspecified atom stereocenters. The molecule has 1 fully saturated rings. The molecule has 1 aliphatic heterocycles. The molecule has 1 saturated heterocycles. The van der Waals surface area contributed by atoms with E-state index in [1.54, 1.807) is 29.3 Å². The van der Waals surface area contributed by atoms with Gasteiger partial charge in [-0.05, 0) is 30.0 Å². The number of aromatic nitrogens is 1. The molecular formula is C21H33N3O4. The van der Waals surface area contributed by atoms with Crippen molar-refractivity contribution in [2.45, 2.75) is 40.5 Å². The molecule has 0 spiro atoms. The van der Waals surface area contributed by atoms with Crippen molar-refractivity contribution in [1.29, 1.82) is 0 Å². The molecule has 0 radical (unpaired) electrons. The van der Waals surface area contributed by atoms with Crippen molar-refractivity contribution < 1.29 is 19.1 Å². The van der Waals surface area contributed by atoms with E-state index in [0.29, 0.717) is 23.1 Å². The number of hydrogen-bond acceptors (Lipinski definition) is 5. The summed E-state index contributed by atoms with van der Waals surface area (Å²) in [5, 5.41) is 1.60. The van der Waals surface area contributed by atoms with Crippen molar-refractivity contribution in [3.8, 4) is 11.6 Å². The van der Waals surface area contributed by atoms with E-state index < -0.39 is 5.91 Å². The average Bonchev–Trinajstić information content (AvgIpc) is 3.12. The van der Waals surface area contributed by atoms with Crippen LogP contribution in [0.4, 0.5) is 0 Å². The highest BCUT2D eigenvalue weighted by molar-refractivity contribution is 6.01. The number of methoxy groups -OCH3 is 2. The van der Waals surface area contributed by atoms with Crippen molar-refractivity contribution in [3.63, 3.8) is 0 Å². The van der Waals surface area contributed by atoms with Crippen LogP contribution in [0.1, 0.15) is 50.9 Å². The Morgan fingerprint density at radius 2 is 1.79 bits per heavy atom. The number of rotatable bonds is 3. The van der Waals surface area contributed by atoms with Gasteiger partial charge in [0.15, 0.2) is 0 Å². The Bertz CT molecular complexity index is 763. The Hall–Kier alpha value is -2.83. The monoisotopic (exact) mass is 391 g/mol. The van der Waals surface area contributed by atoms with E-state index in [4.69, 9.17) is 15.2 Å². The number of nitrogens with zero attached hydrogens (tertiary/aromatic N) is 2. The fourth-order valence-corrected chi connectivity index (χ4v) is 2.48. The summed E-state index contributed by atoms with van der Waals surface area (Å²) in [4.78, 5) is 27.6. The summed E-state index contributed by atoms with van der Waals surface area (Å²) in [6, 6.07) is 5.14. The maximum absolute atomic E-state index is 11.3. The lowest BCUT2D eigenvalue weighted by atomic mass is 10.1. The lowest BCUT2D eigenvalue weighted by Crippen LogP contribution is -2.17. The van der Waals surface area contributed by atoms with E-state index in [0.717, 1.165) is 30.2 Å². The maximum Gasteiger partial charge on any atom is 0.252 e. The fourth-order valence-electron chi connectivity index (χ4n) is 2.48. The summed E-state index contributed by atoms with van der Waals surface area (Å²) in [6.07, 6.45) is 3.42. The smallest absolute Gasteiger partial charge is 0.252 e. The van der Waals surface area contributed by atoms with Gasteiger partial charge in [0.1, 0.15) is 5.75 Å². The van der Waals surface area contributed by atoms with Crippen molar-refractivity contribution >= 4 is 22.6 Å². The number of benzene rings is 1. The third kappa shape index (κ3) is 6.72. The second-order valence-electron chi connectivity index (χ2n) is 5.38. The van der Waals surface area contributed by atoms with Gasteiger partial charge in [0.05, 0.1) is 19.8 Å². The van der Waals surface area contributed by atoms with E-state index in [-0.39, 0.29) is 0 Å². The zero-order valence-corrected chi connectivity index (χ0v) is 18.0. The third-order valence-electron chi connectivity index (χ3n) is 3.82. The molecule has 156 valence electrons. The van der Waals surface area contributed by atoms with E-state index in [9.17, 15) is 9.59 Å². The first-order valence-corrected chi connectivity index (χ1v) is 9.52. The molecule has 0 saturated carbocycles. The normalized spacial score (nSPS) is 12.0. The van der Waals surface area contributed by atoms with Gasteiger partial charge in [0.2, 0.25) is 11.8 Å². The Kier molecular flexibility index (Phi) is 12.0. The average molecular weight is 392 g/mol. The highest BCUT2D eigenvalue weighted by atomic mass is 16.5. The zero-order chi connectivity index (χ0) is 21.7. The van der Waals surface area contributed by atoms with Crippen LogP contribution in [0.3, 0.4) is 0 Å². The maximum atomic E-state index is 11.3. The molecule has 2 heterocycles. The van der Waals surface area contributed by atoms with Gasteiger partial charge in [0, 0.05) is 31.6 Å². The van der Waals surface area contributed by atoms with Crippen LogP contribution in [0, 0.1) is 0 Å². The van der Waals surface area contributed by atoms with Crippen LogP contribution in [-0.2, 0) is 4.79 Å². The lowest BCUT2D eigenvalue weighted by Gasteiger charge is -2.09. The Balaban J connectivity index is 0.000000553. The highest BCUT2D eigenvalue weighted by Crippen LogP contribution is 2.30. The van der Waals surface area contributed by atoms with Gasteiger partial charge < -0.3 is 20.1 Å². The molecule has 2 aromatic rings. The highest BCUT2D eigenvalue weighted by Gasteiger charge is 2.14. The van der Waals surface area contributed by atoms with Gasteiger partial charge in [-0.3, -0.25) is 9.59 Å². The molecule has 0 bridgehead atoms. The SMILES string of the molecule is CC.CC.CN1CCCC1=O.COc1cc2c(OC)nccc2cc1C(N)=O. The van der Waals surface area contributed by atoms with Crippen molar-refractivity contribution in [2.24, 2.45) is 5.73 Å². The Morgan fingerprint density at radius 1 is 1.14 bits per heavy atom. The minimum Gasteiger partial charge on any atom is -0.496 e. The predicted octanol–water partition coefficient (Wildman–Crippen LogP) is 3.64. The number of fused-ring (bicyclic) bond motifs is 1. The number of nitrogens with two attached hydrogens (primary N) is 1. The number of primary amides is 1. The summed E-state index contributed by atoms with van der Waals surface area (Å²) in [6.45, 7) is 8.96. The largest absolute Gasteiger partial charge is 0.496 e. The predicted molar refractivity (Wildman–Crippen MR) is 113 cm³/mol. The number of ether oxygens (including phenoxy) is 2. The van der Waals surface area contributed by atoms with Crippen LogP contribution in [0.25, 0.3) is 10.8 Å². The summed E-state index contributed by atoms with van der Waals surface area (Å²) in [5.74, 6) is 0.660. The molecule has 2 N–H and O–H groups in total. The van der Waals surface area contributed by atoms with Crippen molar-refractivity contribution in [2.75, 3.05) is 27.8 Å². The summed E-state index contributed by atoms with van der Waals surface area (Å²) in [7, 11) is 4.86. The standard InChI is InChI=1S/C12H12N2O3.C5H9NO.2C2H6/c1-16-10-6-8-7(5-9(10)11(13)15)3-4-14-12(8)17-2;1-6-4-2-3-5(6)7;2*1-2/h3-6H,1-2H3,(H2,13,15);2-4H2,1H3;2*1-2H3. The molecule has 28 heavy (non-hydrogen) atoms. The lowest BCUT2D eigenvalue weighted by molar-refractivity contribution is -0.126. The summed E-state index contributed by atoms with van der Waals surface area (Å²) < 4.78 is 10.3.